The van der Waals surface area contributed by atoms with E-state index in [1.54, 1.807) is 43.5 Å². The zero-order valence-electron chi connectivity index (χ0n) is 16.0. The smallest absolute Gasteiger partial charge is 0.276 e. The highest BCUT2D eigenvalue weighted by Crippen LogP contribution is 2.20. The number of hydrogen-bond donors (Lipinski definition) is 2. The average Bonchev–Trinajstić information content (AvgIpc) is 2.70. The Morgan fingerprint density at radius 3 is 2.07 bits per heavy atom. The average molecular weight is 378 g/mol. The number of aromatic nitrogens is 2. The molecule has 0 aliphatic rings. The largest absolute Gasteiger partial charge is 0.497 e. The van der Waals surface area contributed by atoms with Crippen molar-refractivity contribution in [3.8, 4) is 11.5 Å². The number of benzene rings is 2. The van der Waals surface area contributed by atoms with Crippen LogP contribution in [0.5, 0.6) is 11.5 Å². The molecule has 0 atom stereocenters. The molecule has 0 bridgehead atoms. The van der Waals surface area contributed by atoms with E-state index >= 15 is 0 Å². The molecule has 7 heteroatoms. The lowest BCUT2D eigenvalue weighted by Crippen LogP contribution is -2.14. The van der Waals surface area contributed by atoms with E-state index in [2.05, 4.69) is 20.8 Å². The summed E-state index contributed by atoms with van der Waals surface area (Å²) in [5, 5.41) is 14.0. The maximum absolute atomic E-state index is 12.3. The summed E-state index contributed by atoms with van der Waals surface area (Å²) in [6, 6.07) is 17.9. The van der Waals surface area contributed by atoms with E-state index in [1.807, 2.05) is 38.1 Å². The topological polar surface area (TPSA) is 85.4 Å². The van der Waals surface area contributed by atoms with Gasteiger partial charge in [0, 0.05) is 11.4 Å². The van der Waals surface area contributed by atoms with Gasteiger partial charge in [-0.15, -0.1) is 10.2 Å². The molecule has 0 radical (unpaired) electrons. The molecule has 1 amide bonds. The van der Waals surface area contributed by atoms with Gasteiger partial charge in [0.1, 0.15) is 11.5 Å². The minimum absolute atomic E-state index is 0.126. The number of nitrogens with one attached hydrogen (secondary N) is 2. The molecule has 0 aliphatic heterocycles. The number of carbonyl (C=O) groups excluding carboxylic acids is 1. The second-order valence-electron chi connectivity index (χ2n) is 6.30. The van der Waals surface area contributed by atoms with Crippen molar-refractivity contribution in [3.05, 3.63) is 66.4 Å². The molecule has 3 aromatic rings. The quantitative estimate of drug-likeness (QED) is 0.639. The summed E-state index contributed by atoms with van der Waals surface area (Å²) in [5.41, 5.74) is 1.72. The molecule has 2 aromatic carbocycles. The van der Waals surface area contributed by atoms with Crippen molar-refractivity contribution in [3.63, 3.8) is 0 Å². The van der Waals surface area contributed by atoms with Gasteiger partial charge in [-0.1, -0.05) is 0 Å². The minimum Gasteiger partial charge on any atom is -0.497 e. The van der Waals surface area contributed by atoms with Crippen molar-refractivity contribution < 1.29 is 14.3 Å². The Morgan fingerprint density at radius 2 is 1.50 bits per heavy atom. The fraction of sp³-hybridized carbons (Fsp3) is 0.190. The first-order valence-corrected chi connectivity index (χ1v) is 8.86. The number of carbonyl (C=O) groups is 1. The fourth-order valence-corrected chi connectivity index (χ4v) is 2.43. The van der Waals surface area contributed by atoms with Gasteiger partial charge in [-0.05, 0) is 74.5 Å². The third-order valence-corrected chi connectivity index (χ3v) is 3.74. The number of amides is 1. The summed E-state index contributed by atoms with van der Waals surface area (Å²) < 4.78 is 10.7. The second kappa shape index (κ2) is 8.85. The van der Waals surface area contributed by atoms with E-state index in [1.165, 1.54) is 0 Å². The van der Waals surface area contributed by atoms with Crippen LogP contribution in [0.3, 0.4) is 0 Å². The van der Waals surface area contributed by atoms with Crippen LogP contribution in [0.1, 0.15) is 24.3 Å². The van der Waals surface area contributed by atoms with Crippen LogP contribution >= 0.6 is 0 Å². The first-order chi connectivity index (χ1) is 13.5. The monoisotopic (exact) mass is 378 g/mol. The molecule has 2 N–H and O–H groups in total. The SMILES string of the molecule is COc1ccc(NC(=O)c2ccc(Nc3ccc(OC(C)C)cc3)nn2)cc1. The van der Waals surface area contributed by atoms with Gasteiger partial charge in [-0.3, -0.25) is 4.79 Å². The van der Waals surface area contributed by atoms with Crippen molar-refractivity contribution in [1.29, 1.82) is 0 Å². The summed E-state index contributed by atoms with van der Waals surface area (Å²) in [6.45, 7) is 3.96. The molecular weight excluding hydrogens is 356 g/mol. The molecule has 0 fully saturated rings. The number of hydrogen-bond acceptors (Lipinski definition) is 6. The molecule has 0 saturated carbocycles. The normalized spacial score (nSPS) is 10.4. The van der Waals surface area contributed by atoms with Crippen LogP contribution in [-0.2, 0) is 0 Å². The summed E-state index contributed by atoms with van der Waals surface area (Å²) in [5.74, 6) is 1.73. The van der Waals surface area contributed by atoms with Crippen molar-refractivity contribution in [2.45, 2.75) is 20.0 Å². The Morgan fingerprint density at radius 1 is 0.857 bits per heavy atom. The van der Waals surface area contributed by atoms with Gasteiger partial charge < -0.3 is 20.1 Å². The van der Waals surface area contributed by atoms with Gasteiger partial charge in [0.2, 0.25) is 0 Å². The lowest BCUT2D eigenvalue weighted by Gasteiger charge is -2.11. The van der Waals surface area contributed by atoms with Crippen LogP contribution in [0.4, 0.5) is 17.2 Å². The van der Waals surface area contributed by atoms with E-state index in [0.717, 1.165) is 17.2 Å². The Labute approximate surface area is 163 Å². The number of rotatable bonds is 7. The Hall–Kier alpha value is -3.61. The van der Waals surface area contributed by atoms with Gasteiger partial charge in [-0.25, -0.2) is 0 Å². The number of methoxy groups -OCH3 is 1. The van der Waals surface area contributed by atoms with Gasteiger partial charge in [0.05, 0.1) is 13.2 Å². The second-order valence-corrected chi connectivity index (χ2v) is 6.30. The maximum Gasteiger partial charge on any atom is 0.276 e. The lowest BCUT2D eigenvalue weighted by atomic mass is 10.2. The molecule has 1 heterocycles. The summed E-state index contributed by atoms with van der Waals surface area (Å²) in [6.07, 6.45) is 0.126. The van der Waals surface area contributed by atoms with E-state index in [9.17, 15) is 4.79 Å². The predicted molar refractivity (Wildman–Crippen MR) is 108 cm³/mol. The van der Waals surface area contributed by atoms with Gasteiger partial charge in [0.15, 0.2) is 11.5 Å². The highest BCUT2D eigenvalue weighted by Gasteiger charge is 2.09. The Bertz CT molecular complexity index is 908. The van der Waals surface area contributed by atoms with Crippen molar-refractivity contribution in [1.82, 2.24) is 10.2 Å². The van der Waals surface area contributed by atoms with Crippen LogP contribution in [0.25, 0.3) is 0 Å². The zero-order chi connectivity index (χ0) is 19.9. The van der Waals surface area contributed by atoms with Gasteiger partial charge in [0.25, 0.3) is 5.91 Å². The molecule has 28 heavy (non-hydrogen) atoms. The molecule has 3 rings (SSSR count). The summed E-state index contributed by atoms with van der Waals surface area (Å²) in [7, 11) is 1.59. The number of nitrogens with zero attached hydrogens (tertiary/aromatic N) is 2. The van der Waals surface area contributed by atoms with Crippen LogP contribution in [-0.4, -0.2) is 29.3 Å². The van der Waals surface area contributed by atoms with Crippen LogP contribution in [0, 0.1) is 0 Å². The van der Waals surface area contributed by atoms with Crippen molar-refractivity contribution in [2.24, 2.45) is 0 Å². The molecule has 0 spiro atoms. The highest BCUT2D eigenvalue weighted by atomic mass is 16.5. The Balaban J connectivity index is 1.60. The van der Waals surface area contributed by atoms with E-state index in [4.69, 9.17) is 9.47 Å². The van der Waals surface area contributed by atoms with E-state index < -0.39 is 0 Å². The van der Waals surface area contributed by atoms with Crippen LogP contribution in [0.15, 0.2) is 60.7 Å². The third-order valence-electron chi connectivity index (χ3n) is 3.74. The third kappa shape index (κ3) is 5.20. The molecule has 7 nitrogen and oxygen atoms in total. The van der Waals surface area contributed by atoms with Crippen molar-refractivity contribution in [2.75, 3.05) is 17.7 Å². The minimum atomic E-state index is -0.334. The van der Waals surface area contributed by atoms with Crippen molar-refractivity contribution >= 4 is 23.1 Å². The van der Waals surface area contributed by atoms with Crippen LogP contribution < -0.4 is 20.1 Å². The highest BCUT2D eigenvalue weighted by molar-refractivity contribution is 6.02. The molecular formula is C21H22N4O3. The molecule has 144 valence electrons. The maximum atomic E-state index is 12.3. The lowest BCUT2D eigenvalue weighted by molar-refractivity contribution is 0.102. The summed E-state index contributed by atoms with van der Waals surface area (Å²) in [4.78, 5) is 12.3. The Kier molecular flexibility index (Phi) is 6.06. The summed E-state index contributed by atoms with van der Waals surface area (Å²) >= 11 is 0. The first kappa shape index (κ1) is 19.2. The predicted octanol–water partition coefficient (Wildman–Crippen LogP) is 4.27. The molecule has 0 unspecified atom stereocenters. The van der Waals surface area contributed by atoms with Crippen LogP contribution in [0.2, 0.25) is 0 Å². The standard InChI is InChI=1S/C21H22N4O3/c1-14(2)28-18-10-6-15(7-11-18)22-20-13-12-19(24-25-20)21(26)23-16-4-8-17(27-3)9-5-16/h4-14H,1-3H3,(H,22,25)(H,23,26). The molecule has 1 aromatic heterocycles. The van der Waals surface area contributed by atoms with E-state index in [0.29, 0.717) is 11.5 Å². The number of ether oxygens (including phenoxy) is 2. The molecule has 0 saturated heterocycles. The first-order valence-electron chi connectivity index (χ1n) is 8.86. The zero-order valence-corrected chi connectivity index (χ0v) is 16.0. The number of anilines is 3. The van der Waals surface area contributed by atoms with E-state index in [-0.39, 0.29) is 17.7 Å². The van der Waals surface area contributed by atoms with Gasteiger partial charge >= 0.3 is 0 Å². The fourth-order valence-electron chi connectivity index (χ4n) is 2.43. The molecule has 0 aliphatic carbocycles. The van der Waals surface area contributed by atoms with Gasteiger partial charge in [-0.2, -0.15) is 0 Å².